The maximum Gasteiger partial charge on any atom is 0.234 e. The molecule has 18 heavy (non-hydrogen) atoms. The van der Waals surface area contributed by atoms with Crippen LogP contribution in [0.4, 0.5) is 0 Å². The van der Waals surface area contributed by atoms with Crippen LogP contribution in [0.2, 0.25) is 0 Å². The van der Waals surface area contributed by atoms with Gasteiger partial charge in [-0.25, -0.2) is 0 Å². The molecule has 4 nitrogen and oxygen atoms in total. The summed E-state index contributed by atoms with van der Waals surface area (Å²) in [5, 5.41) is 2.93. The molecule has 1 saturated heterocycles. The lowest BCUT2D eigenvalue weighted by Gasteiger charge is -2.17. The van der Waals surface area contributed by atoms with E-state index in [4.69, 9.17) is 4.74 Å². The van der Waals surface area contributed by atoms with Crippen molar-refractivity contribution < 1.29 is 9.53 Å². The van der Waals surface area contributed by atoms with Gasteiger partial charge in [0.25, 0.3) is 0 Å². The fraction of sp³-hybridized carbons (Fsp3) is 0.923. The smallest absolute Gasteiger partial charge is 0.234 e. The molecule has 0 spiro atoms. The van der Waals surface area contributed by atoms with Gasteiger partial charge in [0.1, 0.15) is 0 Å². The molecule has 0 aliphatic carbocycles. The number of hydrogen-bond acceptors (Lipinski definition) is 4. The average molecular weight is 274 g/mol. The Balaban J connectivity index is 2.14. The van der Waals surface area contributed by atoms with E-state index in [-0.39, 0.29) is 17.4 Å². The molecule has 0 bridgehead atoms. The van der Waals surface area contributed by atoms with Crippen LogP contribution < -0.4 is 5.32 Å². The summed E-state index contributed by atoms with van der Waals surface area (Å²) in [7, 11) is 0. The molecule has 0 saturated carbocycles. The second-order valence-corrected chi connectivity index (χ2v) is 6.10. The van der Waals surface area contributed by atoms with E-state index in [9.17, 15) is 4.79 Å². The highest BCUT2D eigenvalue weighted by Gasteiger charge is 2.23. The van der Waals surface area contributed by atoms with Crippen molar-refractivity contribution in [3.8, 4) is 0 Å². The van der Waals surface area contributed by atoms with Gasteiger partial charge in [-0.3, -0.25) is 9.69 Å². The Hall–Kier alpha value is -0.260. The first-order chi connectivity index (χ1) is 8.47. The zero-order valence-corrected chi connectivity index (χ0v) is 12.6. The quantitative estimate of drug-likeness (QED) is 0.546. The summed E-state index contributed by atoms with van der Waals surface area (Å²) in [6.07, 6.45) is 2.23. The van der Waals surface area contributed by atoms with Crippen LogP contribution in [0.25, 0.3) is 0 Å². The highest BCUT2D eigenvalue weighted by atomic mass is 32.1. The van der Waals surface area contributed by atoms with Crippen molar-refractivity contribution in [1.82, 2.24) is 10.2 Å². The van der Waals surface area contributed by atoms with Gasteiger partial charge in [0.2, 0.25) is 5.91 Å². The summed E-state index contributed by atoms with van der Waals surface area (Å²) in [4.78, 5) is 13.9. The van der Waals surface area contributed by atoms with Crippen molar-refractivity contribution in [3.63, 3.8) is 0 Å². The van der Waals surface area contributed by atoms with Crippen LogP contribution >= 0.6 is 12.6 Å². The van der Waals surface area contributed by atoms with Gasteiger partial charge >= 0.3 is 0 Å². The number of thiol groups is 1. The van der Waals surface area contributed by atoms with E-state index in [1.165, 1.54) is 6.42 Å². The van der Waals surface area contributed by atoms with Crippen molar-refractivity contribution in [2.24, 2.45) is 5.92 Å². The Morgan fingerprint density at radius 2 is 2.22 bits per heavy atom. The molecule has 1 N–H and O–H groups in total. The molecule has 1 heterocycles. The Kier molecular flexibility index (Phi) is 7.04. The molecule has 0 unspecified atom stereocenters. The van der Waals surface area contributed by atoms with Gasteiger partial charge in [-0.2, -0.15) is 0 Å². The number of rotatable bonds is 7. The Morgan fingerprint density at radius 1 is 1.50 bits per heavy atom. The topological polar surface area (TPSA) is 41.6 Å². The zero-order chi connectivity index (χ0) is 13.5. The molecule has 1 aliphatic rings. The standard InChI is InChI=1S/C13H26N2O2S/c1-10(2)14-13(16)9-15-6-4-12(8-15)5-7-17-11(3)18/h10-12,18H,4-9H2,1-3H3,(H,14,16)/t11-,12-/m0/s1. The first kappa shape index (κ1) is 15.8. The maximum atomic E-state index is 11.6. The number of hydrogen-bond donors (Lipinski definition) is 2. The van der Waals surface area contributed by atoms with Gasteiger partial charge in [0, 0.05) is 19.2 Å². The fourth-order valence-electron chi connectivity index (χ4n) is 2.27. The van der Waals surface area contributed by atoms with Crippen molar-refractivity contribution in [1.29, 1.82) is 0 Å². The molecule has 2 atom stereocenters. The molecule has 5 heteroatoms. The van der Waals surface area contributed by atoms with Gasteiger partial charge in [0.05, 0.1) is 12.0 Å². The zero-order valence-electron chi connectivity index (χ0n) is 11.7. The van der Waals surface area contributed by atoms with Crippen molar-refractivity contribution >= 4 is 18.5 Å². The minimum absolute atomic E-state index is 0.0133. The summed E-state index contributed by atoms with van der Waals surface area (Å²) in [6, 6.07) is 0.223. The van der Waals surface area contributed by atoms with Crippen LogP contribution in [0.3, 0.4) is 0 Å². The minimum Gasteiger partial charge on any atom is -0.368 e. The lowest BCUT2D eigenvalue weighted by Crippen LogP contribution is -2.39. The van der Waals surface area contributed by atoms with Crippen molar-refractivity contribution in [2.45, 2.75) is 45.1 Å². The Labute approximate surface area is 116 Å². The summed E-state index contributed by atoms with van der Waals surface area (Å²) >= 11 is 4.18. The molecular weight excluding hydrogens is 248 g/mol. The van der Waals surface area contributed by atoms with E-state index in [0.29, 0.717) is 12.5 Å². The molecule has 0 aromatic heterocycles. The van der Waals surface area contributed by atoms with Crippen molar-refractivity contribution in [3.05, 3.63) is 0 Å². The largest absolute Gasteiger partial charge is 0.368 e. The first-order valence-electron chi connectivity index (χ1n) is 6.78. The van der Waals surface area contributed by atoms with Gasteiger partial charge < -0.3 is 10.1 Å². The number of nitrogens with zero attached hydrogens (tertiary/aromatic N) is 1. The summed E-state index contributed by atoms with van der Waals surface area (Å²) < 4.78 is 5.44. The summed E-state index contributed by atoms with van der Waals surface area (Å²) in [5.74, 6) is 0.787. The fourth-order valence-corrected chi connectivity index (χ4v) is 2.37. The minimum atomic E-state index is 0.0133. The number of ether oxygens (including phenoxy) is 1. The summed E-state index contributed by atoms with van der Waals surface area (Å²) in [6.45, 7) is 9.23. The highest BCUT2D eigenvalue weighted by molar-refractivity contribution is 7.80. The molecule has 0 aromatic carbocycles. The Bertz CT molecular complexity index is 259. The molecular formula is C13H26N2O2S. The van der Waals surface area contributed by atoms with E-state index >= 15 is 0 Å². The SMILES string of the molecule is CC(C)NC(=O)CN1CC[C@@H](CCO[C@H](C)S)C1. The van der Waals surface area contributed by atoms with Crippen LogP contribution in [0.1, 0.15) is 33.6 Å². The molecule has 0 radical (unpaired) electrons. The monoisotopic (exact) mass is 274 g/mol. The van der Waals surface area contributed by atoms with E-state index in [1.54, 1.807) is 0 Å². The number of carbonyl (C=O) groups excluding carboxylic acids is 1. The van der Waals surface area contributed by atoms with E-state index in [0.717, 1.165) is 26.1 Å². The van der Waals surface area contributed by atoms with Crippen LogP contribution in [0, 0.1) is 5.92 Å². The maximum absolute atomic E-state index is 11.6. The summed E-state index contributed by atoms with van der Waals surface area (Å²) in [5.41, 5.74) is 0.0133. The van der Waals surface area contributed by atoms with Crippen LogP contribution in [0.15, 0.2) is 0 Å². The van der Waals surface area contributed by atoms with Crippen molar-refractivity contribution in [2.75, 3.05) is 26.2 Å². The van der Waals surface area contributed by atoms with Gasteiger partial charge in [-0.15, -0.1) is 12.6 Å². The third-order valence-corrected chi connectivity index (χ3v) is 3.22. The predicted octanol–water partition coefficient (Wildman–Crippen LogP) is 1.52. The second-order valence-electron chi connectivity index (χ2n) is 5.37. The predicted molar refractivity (Wildman–Crippen MR) is 76.8 cm³/mol. The van der Waals surface area contributed by atoms with Gasteiger partial charge in [-0.05, 0) is 46.1 Å². The Morgan fingerprint density at radius 3 is 2.83 bits per heavy atom. The van der Waals surface area contributed by atoms with Crippen LogP contribution in [0.5, 0.6) is 0 Å². The van der Waals surface area contributed by atoms with Gasteiger partial charge in [-0.1, -0.05) is 0 Å². The number of nitrogens with one attached hydrogen (secondary N) is 1. The third-order valence-electron chi connectivity index (χ3n) is 3.07. The lowest BCUT2D eigenvalue weighted by molar-refractivity contribution is -0.122. The van der Waals surface area contributed by atoms with Crippen LogP contribution in [-0.4, -0.2) is 48.5 Å². The first-order valence-corrected chi connectivity index (χ1v) is 7.30. The molecule has 1 aliphatic heterocycles. The van der Waals surface area contributed by atoms with Crippen LogP contribution in [-0.2, 0) is 9.53 Å². The molecule has 1 fully saturated rings. The van der Waals surface area contributed by atoms with Gasteiger partial charge in [0.15, 0.2) is 0 Å². The van der Waals surface area contributed by atoms with E-state index in [2.05, 4.69) is 22.8 Å². The molecule has 1 rings (SSSR count). The molecule has 106 valence electrons. The third kappa shape index (κ3) is 6.61. The highest BCUT2D eigenvalue weighted by Crippen LogP contribution is 2.19. The second kappa shape index (κ2) is 8.02. The normalized spacial score (nSPS) is 22.4. The lowest BCUT2D eigenvalue weighted by atomic mass is 10.1. The number of carbonyl (C=O) groups is 1. The molecule has 0 aromatic rings. The number of likely N-dealkylation sites (tertiary alicyclic amines) is 1. The molecule has 1 amide bonds. The number of amides is 1. The van der Waals surface area contributed by atoms with E-state index in [1.807, 2.05) is 20.8 Å². The van der Waals surface area contributed by atoms with E-state index < -0.39 is 0 Å². The average Bonchev–Trinajstić information content (AvgIpc) is 2.63.